The van der Waals surface area contributed by atoms with E-state index in [-0.39, 0.29) is 5.41 Å². The number of rotatable bonds is 6. The molecule has 1 unspecified atom stereocenters. The van der Waals surface area contributed by atoms with Crippen molar-refractivity contribution in [2.45, 2.75) is 58.8 Å². The summed E-state index contributed by atoms with van der Waals surface area (Å²) in [5.41, 5.74) is 8.40. The number of hydrogen-bond donors (Lipinski definition) is 0. The van der Waals surface area contributed by atoms with E-state index in [0.29, 0.717) is 12.3 Å². The standard InChI is InChI=1S/C25H30O/c1-5-18(13-14-26)15-19-16-21-7-6-8-23(24(21)17-19)20-9-11-22(12-10-20)25(2,3)4/h6-12,14,17-18H,5,13,15-16H2,1-4H3. The van der Waals surface area contributed by atoms with Gasteiger partial charge in [0.15, 0.2) is 0 Å². The van der Waals surface area contributed by atoms with E-state index in [9.17, 15) is 4.79 Å². The largest absolute Gasteiger partial charge is 0.303 e. The topological polar surface area (TPSA) is 17.1 Å². The summed E-state index contributed by atoms with van der Waals surface area (Å²) >= 11 is 0. The molecule has 1 aliphatic carbocycles. The van der Waals surface area contributed by atoms with Crippen LogP contribution in [0.5, 0.6) is 0 Å². The maximum absolute atomic E-state index is 10.9. The predicted octanol–water partition coefficient (Wildman–Crippen LogP) is 6.60. The summed E-state index contributed by atoms with van der Waals surface area (Å²) in [5, 5.41) is 0. The molecule has 26 heavy (non-hydrogen) atoms. The van der Waals surface area contributed by atoms with Gasteiger partial charge in [-0.3, -0.25) is 0 Å². The molecule has 0 aliphatic heterocycles. The maximum atomic E-state index is 10.9. The third-order valence-electron chi connectivity index (χ3n) is 5.58. The Bertz CT molecular complexity index is 803. The minimum Gasteiger partial charge on any atom is -0.303 e. The summed E-state index contributed by atoms with van der Waals surface area (Å²) in [7, 11) is 0. The molecule has 136 valence electrons. The van der Waals surface area contributed by atoms with Gasteiger partial charge < -0.3 is 4.79 Å². The fraction of sp³-hybridized carbons (Fsp3) is 0.400. The molecule has 1 atom stereocenters. The van der Waals surface area contributed by atoms with Crippen molar-refractivity contribution in [1.29, 1.82) is 0 Å². The molecule has 0 N–H and O–H groups in total. The summed E-state index contributed by atoms with van der Waals surface area (Å²) < 4.78 is 0. The fourth-order valence-corrected chi connectivity index (χ4v) is 3.87. The highest BCUT2D eigenvalue weighted by atomic mass is 16.1. The third kappa shape index (κ3) is 3.98. The van der Waals surface area contributed by atoms with Crippen molar-refractivity contribution in [2.75, 3.05) is 0 Å². The first-order chi connectivity index (χ1) is 12.4. The van der Waals surface area contributed by atoms with Gasteiger partial charge >= 0.3 is 0 Å². The van der Waals surface area contributed by atoms with Crippen LogP contribution in [0.3, 0.4) is 0 Å². The molecule has 0 spiro atoms. The Morgan fingerprint density at radius 1 is 1.08 bits per heavy atom. The van der Waals surface area contributed by atoms with Crippen LogP contribution >= 0.6 is 0 Å². The molecule has 0 heterocycles. The van der Waals surface area contributed by atoms with Gasteiger partial charge in [0, 0.05) is 6.42 Å². The molecule has 0 fully saturated rings. The van der Waals surface area contributed by atoms with Gasteiger partial charge in [0.05, 0.1) is 0 Å². The van der Waals surface area contributed by atoms with Crippen molar-refractivity contribution in [2.24, 2.45) is 5.92 Å². The van der Waals surface area contributed by atoms with Crippen molar-refractivity contribution in [3.8, 4) is 11.1 Å². The zero-order valence-electron chi connectivity index (χ0n) is 16.5. The van der Waals surface area contributed by atoms with Gasteiger partial charge in [-0.1, -0.05) is 88.2 Å². The number of aldehydes is 1. The van der Waals surface area contributed by atoms with Crippen LogP contribution in [0.1, 0.15) is 63.6 Å². The molecule has 2 aromatic rings. The van der Waals surface area contributed by atoms with E-state index >= 15 is 0 Å². The minimum atomic E-state index is 0.179. The van der Waals surface area contributed by atoms with Crippen molar-refractivity contribution >= 4 is 12.4 Å². The van der Waals surface area contributed by atoms with Gasteiger partial charge in [-0.25, -0.2) is 0 Å². The van der Waals surface area contributed by atoms with E-state index in [2.05, 4.69) is 76.2 Å². The van der Waals surface area contributed by atoms with E-state index in [4.69, 9.17) is 0 Å². The lowest BCUT2D eigenvalue weighted by atomic mass is 9.86. The molecule has 0 saturated carbocycles. The quantitative estimate of drug-likeness (QED) is 0.539. The maximum Gasteiger partial charge on any atom is 0.120 e. The lowest BCUT2D eigenvalue weighted by molar-refractivity contribution is -0.108. The number of fused-ring (bicyclic) bond motifs is 1. The van der Waals surface area contributed by atoms with E-state index < -0.39 is 0 Å². The molecule has 1 heteroatoms. The van der Waals surface area contributed by atoms with Crippen molar-refractivity contribution in [3.63, 3.8) is 0 Å². The third-order valence-corrected chi connectivity index (χ3v) is 5.58. The van der Waals surface area contributed by atoms with Gasteiger partial charge in [0.1, 0.15) is 6.29 Å². The van der Waals surface area contributed by atoms with E-state index in [1.54, 1.807) is 0 Å². The van der Waals surface area contributed by atoms with Crippen LogP contribution in [-0.2, 0) is 16.6 Å². The van der Waals surface area contributed by atoms with E-state index in [1.807, 2.05) is 0 Å². The van der Waals surface area contributed by atoms with Gasteiger partial charge in [-0.15, -0.1) is 0 Å². The average molecular weight is 347 g/mol. The van der Waals surface area contributed by atoms with Crippen LogP contribution in [0.15, 0.2) is 48.0 Å². The summed E-state index contributed by atoms with van der Waals surface area (Å²) in [6.07, 6.45) is 7.23. The molecule has 0 radical (unpaired) electrons. The van der Waals surface area contributed by atoms with E-state index in [1.165, 1.54) is 33.4 Å². The summed E-state index contributed by atoms with van der Waals surface area (Å²) in [4.78, 5) is 10.9. The Hall–Kier alpha value is -2.15. The van der Waals surface area contributed by atoms with Crippen LogP contribution in [0.4, 0.5) is 0 Å². The number of carbonyl (C=O) groups excluding carboxylic acids is 1. The molecule has 0 amide bonds. The van der Waals surface area contributed by atoms with Crippen molar-refractivity contribution < 1.29 is 4.79 Å². The summed E-state index contributed by atoms with van der Waals surface area (Å²) in [5.74, 6) is 0.475. The van der Waals surface area contributed by atoms with Crippen LogP contribution in [0.2, 0.25) is 0 Å². The fourth-order valence-electron chi connectivity index (χ4n) is 3.87. The highest BCUT2D eigenvalue weighted by Crippen LogP contribution is 2.37. The first-order valence-corrected chi connectivity index (χ1v) is 9.78. The molecule has 0 bridgehead atoms. The second-order valence-corrected chi connectivity index (χ2v) is 8.57. The van der Waals surface area contributed by atoms with Gasteiger partial charge in [-0.05, 0) is 52.0 Å². The SMILES string of the molecule is CCC(CC=O)CC1=Cc2c(cccc2-c2ccc(C(C)(C)C)cc2)C1. The van der Waals surface area contributed by atoms with Crippen molar-refractivity contribution in [3.05, 3.63) is 64.7 Å². The minimum absolute atomic E-state index is 0.179. The Labute approximate surface area is 158 Å². The molecule has 0 saturated heterocycles. The Morgan fingerprint density at radius 3 is 2.42 bits per heavy atom. The normalized spacial score (nSPS) is 14.7. The molecule has 0 aromatic heterocycles. The zero-order chi connectivity index (χ0) is 18.7. The van der Waals surface area contributed by atoms with Gasteiger partial charge in [-0.2, -0.15) is 0 Å². The lowest BCUT2D eigenvalue weighted by Gasteiger charge is -2.19. The van der Waals surface area contributed by atoms with Crippen LogP contribution in [-0.4, -0.2) is 6.29 Å². The Morgan fingerprint density at radius 2 is 1.81 bits per heavy atom. The molecule has 1 nitrogen and oxygen atoms in total. The number of carbonyl (C=O) groups is 1. The van der Waals surface area contributed by atoms with Crippen LogP contribution in [0, 0.1) is 5.92 Å². The second-order valence-electron chi connectivity index (χ2n) is 8.57. The second kappa shape index (κ2) is 7.61. The molecule has 3 rings (SSSR count). The highest BCUT2D eigenvalue weighted by molar-refractivity contribution is 5.80. The first-order valence-electron chi connectivity index (χ1n) is 9.78. The van der Waals surface area contributed by atoms with E-state index in [0.717, 1.165) is 25.5 Å². The van der Waals surface area contributed by atoms with Gasteiger partial charge in [0.25, 0.3) is 0 Å². The average Bonchev–Trinajstić information content (AvgIpc) is 3.03. The Balaban J connectivity index is 1.89. The molecule has 2 aromatic carbocycles. The smallest absolute Gasteiger partial charge is 0.120 e. The van der Waals surface area contributed by atoms with Crippen LogP contribution < -0.4 is 0 Å². The van der Waals surface area contributed by atoms with Crippen molar-refractivity contribution in [1.82, 2.24) is 0 Å². The Kier molecular flexibility index (Phi) is 5.46. The first kappa shape index (κ1) is 18.6. The zero-order valence-corrected chi connectivity index (χ0v) is 16.5. The molecular weight excluding hydrogens is 316 g/mol. The molecular formula is C25H30O. The monoisotopic (exact) mass is 346 g/mol. The molecule has 1 aliphatic rings. The van der Waals surface area contributed by atoms with Gasteiger partial charge in [0.2, 0.25) is 0 Å². The number of hydrogen-bond acceptors (Lipinski definition) is 1. The lowest BCUT2D eigenvalue weighted by Crippen LogP contribution is -2.10. The number of benzene rings is 2. The predicted molar refractivity (Wildman–Crippen MR) is 111 cm³/mol. The summed E-state index contributed by atoms with van der Waals surface area (Å²) in [6, 6.07) is 15.7. The highest BCUT2D eigenvalue weighted by Gasteiger charge is 2.19. The summed E-state index contributed by atoms with van der Waals surface area (Å²) in [6.45, 7) is 8.93. The number of allylic oxidation sites excluding steroid dienone is 1. The van der Waals surface area contributed by atoms with Crippen LogP contribution in [0.25, 0.3) is 17.2 Å².